The zero-order valence-electron chi connectivity index (χ0n) is 15.2. The van der Waals surface area contributed by atoms with Crippen molar-refractivity contribution in [3.05, 3.63) is 41.4 Å². The SMILES string of the molecule is NS(=O)(=O)c1ccc(Nc2cc3c(cc2Cl)NC(CC2CCCC2)NS3)cc1. The number of halogens is 1. The predicted molar refractivity (Wildman–Crippen MR) is 116 cm³/mol. The fourth-order valence-electron chi connectivity index (χ4n) is 3.77. The number of nitrogens with one attached hydrogen (secondary N) is 3. The molecule has 2 aromatic carbocycles. The molecule has 2 aliphatic rings. The third-order valence-electron chi connectivity index (χ3n) is 5.22. The van der Waals surface area contributed by atoms with Crippen molar-refractivity contribution in [2.75, 3.05) is 10.6 Å². The van der Waals surface area contributed by atoms with Gasteiger partial charge in [0.2, 0.25) is 10.0 Å². The molecule has 150 valence electrons. The fourth-order valence-corrected chi connectivity index (χ4v) is 5.32. The lowest BCUT2D eigenvalue weighted by Gasteiger charge is -2.30. The molecule has 28 heavy (non-hydrogen) atoms. The van der Waals surface area contributed by atoms with Crippen LogP contribution in [-0.2, 0) is 10.0 Å². The number of sulfonamides is 1. The van der Waals surface area contributed by atoms with Crippen molar-refractivity contribution in [3.63, 3.8) is 0 Å². The van der Waals surface area contributed by atoms with Gasteiger partial charge in [-0.15, -0.1) is 0 Å². The second-order valence-corrected chi connectivity index (χ2v) is 10.2. The smallest absolute Gasteiger partial charge is 0.238 e. The van der Waals surface area contributed by atoms with E-state index in [4.69, 9.17) is 16.7 Å². The van der Waals surface area contributed by atoms with Crippen molar-refractivity contribution < 1.29 is 8.42 Å². The van der Waals surface area contributed by atoms with Crippen LogP contribution in [0.3, 0.4) is 0 Å². The van der Waals surface area contributed by atoms with Crippen LogP contribution in [0.2, 0.25) is 5.02 Å². The van der Waals surface area contributed by atoms with E-state index in [0.29, 0.717) is 5.02 Å². The Labute approximate surface area is 174 Å². The summed E-state index contributed by atoms with van der Waals surface area (Å²) < 4.78 is 26.2. The van der Waals surface area contributed by atoms with E-state index in [9.17, 15) is 8.42 Å². The largest absolute Gasteiger partial charge is 0.368 e. The number of hydrogen-bond acceptors (Lipinski definition) is 6. The molecule has 0 spiro atoms. The molecule has 1 aliphatic heterocycles. The third-order valence-corrected chi connectivity index (χ3v) is 7.42. The van der Waals surface area contributed by atoms with E-state index >= 15 is 0 Å². The molecule has 1 heterocycles. The summed E-state index contributed by atoms with van der Waals surface area (Å²) in [5.74, 6) is 0.795. The van der Waals surface area contributed by atoms with Crippen LogP contribution in [0, 0.1) is 5.92 Å². The van der Waals surface area contributed by atoms with Crippen molar-refractivity contribution in [1.29, 1.82) is 0 Å². The zero-order valence-corrected chi connectivity index (χ0v) is 17.6. The lowest BCUT2D eigenvalue weighted by Crippen LogP contribution is -2.36. The Morgan fingerprint density at radius 3 is 2.57 bits per heavy atom. The second-order valence-electron chi connectivity index (χ2n) is 7.33. The summed E-state index contributed by atoms with van der Waals surface area (Å²) in [5.41, 5.74) is 2.52. The first-order chi connectivity index (χ1) is 13.4. The van der Waals surface area contributed by atoms with Crippen LogP contribution in [0.4, 0.5) is 17.1 Å². The molecule has 0 bridgehead atoms. The fraction of sp³-hybridized carbons (Fsp3) is 0.368. The molecule has 9 heteroatoms. The molecular weight excluding hydrogens is 416 g/mol. The molecule has 1 saturated carbocycles. The van der Waals surface area contributed by atoms with Gasteiger partial charge < -0.3 is 10.6 Å². The molecule has 4 rings (SSSR count). The highest BCUT2D eigenvalue weighted by atomic mass is 35.5. The standard InChI is InChI=1S/C19H23ClN4O2S2/c20-15-10-17-18(27-24-19(23-17)9-12-3-1-2-4-12)11-16(15)22-13-5-7-14(8-6-13)28(21,25)26/h5-8,10-12,19,22-24H,1-4,9H2,(H2,21,25,26). The Hall–Kier alpha value is -1.45. The number of primary sulfonamides is 1. The van der Waals surface area contributed by atoms with Crippen molar-refractivity contribution >= 4 is 50.6 Å². The number of nitrogens with two attached hydrogens (primary N) is 1. The Balaban J connectivity index is 1.47. The summed E-state index contributed by atoms with van der Waals surface area (Å²) in [5, 5.41) is 12.5. The summed E-state index contributed by atoms with van der Waals surface area (Å²) in [7, 11) is -3.70. The summed E-state index contributed by atoms with van der Waals surface area (Å²) >= 11 is 8.10. The Morgan fingerprint density at radius 1 is 1.18 bits per heavy atom. The molecule has 0 saturated heterocycles. The van der Waals surface area contributed by atoms with E-state index in [1.807, 2.05) is 12.1 Å². The quantitative estimate of drug-likeness (QED) is 0.507. The van der Waals surface area contributed by atoms with Gasteiger partial charge in [0.25, 0.3) is 0 Å². The van der Waals surface area contributed by atoms with E-state index in [1.165, 1.54) is 37.8 Å². The third kappa shape index (κ3) is 4.58. The van der Waals surface area contributed by atoms with Crippen molar-refractivity contribution in [3.8, 4) is 0 Å². The van der Waals surface area contributed by atoms with Crippen LogP contribution < -0.4 is 20.5 Å². The minimum Gasteiger partial charge on any atom is -0.368 e. The van der Waals surface area contributed by atoms with E-state index in [0.717, 1.165) is 34.3 Å². The first-order valence-electron chi connectivity index (χ1n) is 9.31. The predicted octanol–water partition coefficient (Wildman–Crippen LogP) is 4.66. The molecule has 1 unspecified atom stereocenters. The van der Waals surface area contributed by atoms with E-state index in [1.54, 1.807) is 24.1 Å². The minimum atomic E-state index is -3.70. The number of rotatable bonds is 5. The van der Waals surface area contributed by atoms with Gasteiger partial charge in [-0.05, 0) is 60.7 Å². The summed E-state index contributed by atoms with van der Waals surface area (Å²) in [6.07, 6.45) is 6.72. The number of anilines is 3. The molecule has 0 aromatic heterocycles. The lowest BCUT2D eigenvalue weighted by atomic mass is 10.0. The zero-order chi connectivity index (χ0) is 19.7. The monoisotopic (exact) mass is 438 g/mol. The van der Waals surface area contributed by atoms with E-state index < -0.39 is 10.0 Å². The average molecular weight is 439 g/mol. The van der Waals surface area contributed by atoms with Gasteiger partial charge in [-0.2, -0.15) is 0 Å². The number of fused-ring (bicyclic) bond motifs is 1. The lowest BCUT2D eigenvalue weighted by molar-refractivity contribution is 0.450. The van der Waals surface area contributed by atoms with Gasteiger partial charge in [-0.3, -0.25) is 0 Å². The maximum Gasteiger partial charge on any atom is 0.238 e. The van der Waals surface area contributed by atoms with Crippen LogP contribution in [0.25, 0.3) is 0 Å². The van der Waals surface area contributed by atoms with Crippen molar-refractivity contribution in [2.45, 2.75) is 48.1 Å². The van der Waals surface area contributed by atoms with Gasteiger partial charge in [-0.25, -0.2) is 18.3 Å². The van der Waals surface area contributed by atoms with Gasteiger partial charge in [0.1, 0.15) is 0 Å². The maximum atomic E-state index is 11.4. The van der Waals surface area contributed by atoms with Crippen LogP contribution in [0.5, 0.6) is 0 Å². The van der Waals surface area contributed by atoms with Crippen LogP contribution in [-0.4, -0.2) is 14.6 Å². The molecule has 1 atom stereocenters. The van der Waals surface area contributed by atoms with Crippen molar-refractivity contribution in [1.82, 2.24) is 4.72 Å². The molecular formula is C19H23ClN4O2S2. The van der Waals surface area contributed by atoms with E-state index in [-0.39, 0.29) is 11.1 Å². The second kappa shape index (κ2) is 8.12. The van der Waals surface area contributed by atoms with Gasteiger partial charge in [0.05, 0.1) is 27.5 Å². The van der Waals surface area contributed by atoms with Crippen LogP contribution in [0.1, 0.15) is 32.1 Å². The summed E-state index contributed by atoms with van der Waals surface area (Å²) in [6.45, 7) is 0. The van der Waals surface area contributed by atoms with Crippen molar-refractivity contribution in [2.24, 2.45) is 11.1 Å². The number of benzene rings is 2. The highest BCUT2D eigenvalue weighted by molar-refractivity contribution is 7.97. The first kappa shape index (κ1) is 19.8. The summed E-state index contributed by atoms with van der Waals surface area (Å²) in [6, 6.07) is 10.2. The Bertz CT molecular complexity index is 961. The van der Waals surface area contributed by atoms with Crippen LogP contribution in [0.15, 0.2) is 46.2 Å². The molecule has 1 aliphatic carbocycles. The van der Waals surface area contributed by atoms with Gasteiger partial charge in [0.15, 0.2) is 0 Å². The number of hydrogen-bond donors (Lipinski definition) is 4. The Kier molecular flexibility index (Phi) is 5.76. The minimum absolute atomic E-state index is 0.0758. The normalized spacial score (nSPS) is 19.9. The van der Waals surface area contributed by atoms with Gasteiger partial charge in [0, 0.05) is 10.6 Å². The molecule has 5 N–H and O–H groups in total. The Morgan fingerprint density at radius 2 is 1.89 bits per heavy atom. The highest BCUT2D eigenvalue weighted by Gasteiger charge is 2.24. The van der Waals surface area contributed by atoms with E-state index in [2.05, 4.69) is 15.4 Å². The average Bonchev–Trinajstić information content (AvgIpc) is 3.15. The van der Waals surface area contributed by atoms with Gasteiger partial charge in [-0.1, -0.05) is 37.3 Å². The molecule has 6 nitrogen and oxygen atoms in total. The van der Waals surface area contributed by atoms with Gasteiger partial charge >= 0.3 is 0 Å². The molecule has 0 radical (unpaired) electrons. The topological polar surface area (TPSA) is 96.2 Å². The first-order valence-corrected chi connectivity index (χ1v) is 12.0. The summed E-state index contributed by atoms with van der Waals surface area (Å²) in [4.78, 5) is 1.14. The molecule has 2 aromatic rings. The van der Waals surface area contributed by atoms with Crippen LogP contribution >= 0.6 is 23.5 Å². The highest BCUT2D eigenvalue weighted by Crippen LogP contribution is 2.39. The molecule has 0 amide bonds. The maximum absolute atomic E-state index is 11.4. The molecule has 1 fully saturated rings.